The molecular formula is C20H20F6N6O2. The first-order chi connectivity index (χ1) is 15.9. The molecule has 0 radical (unpaired) electrons. The van der Waals surface area contributed by atoms with E-state index >= 15 is 0 Å². The molecule has 0 amide bonds. The van der Waals surface area contributed by atoms with Gasteiger partial charge in [0.1, 0.15) is 29.0 Å². The minimum Gasteiger partial charge on any atom is -0.495 e. The van der Waals surface area contributed by atoms with Crippen LogP contribution in [0.25, 0.3) is 17.0 Å². The van der Waals surface area contributed by atoms with E-state index in [1.54, 1.807) is 0 Å². The number of anilines is 1. The van der Waals surface area contributed by atoms with Gasteiger partial charge in [0.2, 0.25) is 5.60 Å². The maximum Gasteiger partial charge on any atom is 0.422 e. The zero-order valence-electron chi connectivity index (χ0n) is 17.9. The summed E-state index contributed by atoms with van der Waals surface area (Å²) in [6.45, 7) is 1.12. The van der Waals surface area contributed by atoms with Crippen LogP contribution in [0.1, 0.15) is 19.0 Å². The number of hydrogen-bond donors (Lipinski definition) is 3. The summed E-state index contributed by atoms with van der Waals surface area (Å²) >= 11 is 0. The van der Waals surface area contributed by atoms with Gasteiger partial charge in [-0.25, -0.2) is 27.7 Å². The van der Waals surface area contributed by atoms with Crippen molar-refractivity contribution >= 4 is 11.5 Å². The van der Waals surface area contributed by atoms with E-state index < -0.39 is 58.6 Å². The van der Waals surface area contributed by atoms with Crippen LogP contribution in [-0.4, -0.2) is 63.3 Å². The Bertz CT molecular complexity index is 1210. The normalized spacial score (nSPS) is 20.9. The third kappa shape index (κ3) is 4.11. The van der Waals surface area contributed by atoms with Gasteiger partial charge in [-0.05, 0) is 19.9 Å². The second-order valence-corrected chi connectivity index (χ2v) is 7.95. The van der Waals surface area contributed by atoms with Crippen molar-refractivity contribution in [3.63, 3.8) is 0 Å². The van der Waals surface area contributed by atoms with E-state index in [9.17, 15) is 31.4 Å². The Labute approximate surface area is 189 Å². The van der Waals surface area contributed by atoms with Gasteiger partial charge in [-0.2, -0.15) is 18.3 Å². The fourth-order valence-electron chi connectivity index (χ4n) is 3.58. The number of rotatable bonds is 5. The van der Waals surface area contributed by atoms with Crippen molar-refractivity contribution in [1.29, 1.82) is 0 Å². The van der Waals surface area contributed by atoms with E-state index in [1.807, 2.05) is 0 Å². The van der Waals surface area contributed by atoms with Crippen LogP contribution in [0.5, 0.6) is 5.75 Å². The van der Waals surface area contributed by atoms with E-state index in [0.29, 0.717) is 19.5 Å². The molecule has 4 rings (SSSR count). The van der Waals surface area contributed by atoms with E-state index in [1.165, 1.54) is 0 Å². The number of hydrogen-bond acceptors (Lipinski definition) is 7. The molecule has 1 aliphatic rings. The van der Waals surface area contributed by atoms with Crippen LogP contribution in [0.2, 0.25) is 0 Å². The Morgan fingerprint density at radius 3 is 2.62 bits per heavy atom. The Morgan fingerprint density at radius 1 is 1.24 bits per heavy atom. The third-order valence-electron chi connectivity index (χ3n) is 5.58. The predicted octanol–water partition coefficient (Wildman–Crippen LogP) is 2.96. The standard InChI is InChI=1S/C20H20F6N6O2/c1-19(33,20(24,25)26)17-14(34-2)6-15-28-8-13(32(15)31-17)16-10(22)5-11(23)18(30-16)29-12-7-27-4-3-9(12)21/h5-6,8-9,12,27,33H,3-4,7H2,1-2H3,(H,29,30)/t9-,12-,19+/m1/s1. The molecule has 3 atom stereocenters. The molecule has 1 aliphatic heterocycles. The number of nitrogens with zero attached hydrogens (tertiary/aromatic N) is 4. The molecule has 1 fully saturated rings. The van der Waals surface area contributed by atoms with E-state index in [-0.39, 0.29) is 24.3 Å². The first kappa shape index (κ1) is 24.0. The minimum atomic E-state index is -5.12. The number of alkyl halides is 4. The second-order valence-electron chi connectivity index (χ2n) is 7.95. The fourth-order valence-corrected chi connectivity index (χ4v) is 3.58. The molecule has 184 valence electrons. The maximum atomic E-state index is 14.7. The lowest BCUT2D eigenvalue weighted by Crippen LogP contribution is -2.46. The van der Waals surface area contributed by atoms with Crippen molar-refractivity contribution < 1.29 is 36.2 Å². The lowest BCUT2D eigenvalue weighted by atomic mass is 10.0. The number of pyridine rings is 1. The first-order valence-electron chi connectivity index (χ1n) is 10.1. The van der Waals surface area contributed by atoms with Crippen LogP contribution >= 0.6 is 0 Å². The number of aliphatic hydroxyl groups is 1. The Kier molecular flexibility index (Phi) is 6.06. The van der Waals surface area contributed by atoms with Gasteiger partial charge in [-0.1, -0.05) is 0 Å². The molecule has 8 nitrogen and oxygen atoms in total. The third-order valence-corrected chi connectivity index (χ3v) is 5.58. The Morgan fingerprint density at radius 2 is 1.97 bits per heavy atom. The van der Waals surface area contributed by atoms with Crippen molar-refractivity contribution in [2.45, 2.75) is 37.3 Å². The van der Waals surface area contributed by atoms with Gasteiger partial charge < -0.3 is 20.5 Å². The number of piperidine rings is 1. The topological polar surface area (TPSA) is 96.6 Å². The van der Waals surface area contributed by atoms with E-state index in [2.05, 4.69) is 25.7 Å². The van der Waals surface area contributed by atoms with Crippen LogP contribution < -0.4 is 15.4 Å². The highest BCUT2D eigenvalue weighted by atomic mass is 19.4. The Hall–Kier alpha value is -3.13. The molecule has 3 aromatic heterocycles. The molecule has 3 aromatic rings. The fraction of sp³-hybridized carbons (Fsp3) is 0.450. The van der Waals surface area contributed by atoms with Gasteiger partial charge in [0, 0.05) is 18.7 Å². The number of methoxy groups -OCH3 is 1. The minimum absolute atomic E-state index is 0.0473. The number of nitrogens with one attached hydrogen (secondary N) is 2. The molecule has 1 saturated heterocycles. The number of halogens is 6. The van der Waals surface area contributed by atoms with Crippen molar-refractivity contribution in [2.24, 2.45) is 0 Å². The molecule has 0 spiro atoms. The molecular weight excluding hydrogens is 470 g/mol. The number of aromatic nitrogens is 4. The van der Waals surface area contributed by atoms with Crippen molar-refractivity contribution in [3.05, 3.63) is 35.7 Å². The van der Waals surface area contributed by atoms with Crippen molar-refractivity contribution in [1.82, 2.24) is 24.9 Å². The molecule has 3 N–H and O–H groups in total. The smallest absolute Gasteiger partial charge is 0.422 e. The number of fused-ring (bicyclic) bond motifs is 1. The summed E-state index contributed by atoms with van der Waals surface area (Å²) in [7, 11) is 1.09. The Balaban J connectivity index is 1.83. The van der Waals surface area contributed by atoms with Crippen LogP contribution in [0, 0.1) is 11.6 Å². The molecule has 34 heavy (non-hydrogen) atoms. The summed E-state index contributed by atoms with van der Waals surface area (Å²) in [5, 5.41) is 19.5. The zero-order valence-corrected chi connectivity index (χ0v) is 17.9. The van der Waals surface area contributed by atoms with Crippen molar-refractivity contribution in [3.8, 4) is 17.1 Å². The average molecular weight is 490 g/mol. The summed E-state index contributed by atoms with van der Waals surface area (Å²) in [6, 6.07) is 0.768. The summed E-state index contributed by atoms with van der Waals surface area (Å²) in [5.41, 5.74) is -5.08. The lowest BCUT2D eigenvalue weighted by Gasteiger charge is -2.28. The van der Waals surface area contributed by atoms with Gasteiger partial charge >= 0.3 is 6.18 Å². The highest BCUT2D eigenvalue weighted by Crippen LogP contribution is 2.41. The maximum absolute atomic E-state index is 14.7. The SMILES string of the molecule is COc1cc2ncc(-c3nc(N[C@@H]4CNCC[C@H]4F)c(F)cc3F)n2nc1[C@](C)(O)C(F)(F)F. The molecule has 0 bridgehead atoms. The molecule has 0 aliphatic carbocycles. The summed E-state index contributed by atoms with van der Waals surface area (Å²) in [4.78, 5) is 7.88. The highest BCUT2D eigenvalue weighted by Gasteiger charge is 2.54. The molecule has 0 unspecified atom stereocenters. The summed E-state index contributed by atoms with van der Waals surface area (Å²) in [6.07, 6.45) is -5.15. The first-order valence-corrected chi connectivity index (χ1v) is 10.1. The molecule has 0 aromatic carbocycles. The van der Waals surface area contributed by atoms with Crippen LogP contribution in [0.15, 0.2) is 18.3 Å². The van der Waals surface area contributed by atoms with Gasteiger partial charge in [0.05, 0.1) is 19.3 Å². The zero-order chi connectivity index (χ0) is 24.8. The molecule has 14 heteroatoms. The van der Waals surface area contributed by atoms with Gasteiger partial charge in [0.25, 0.3) is 0 Å². The average Bonchev–Trinajstić information content (AvgIpc) is 3.18. The van der Waals surface area contributed by atoms with Gasteiger partial charge in [0.15, 0.2) is 23.1 Å². The number of imidazole rings is 1. The summed E-state index contributed by atoms with van der Waals surface area (Å²) < 4.78 is 89.5. The van der Waals surface area contributed by atoms with E-state index in [4.69, 9.17) is 4.74 Å². The lowest BCUT2D eigenvalue weighted by molar-refractivity contribution is -0.261. The quantitative estimate of drug-likeness (QED) is 0.474. The predicted molar refractivity (Wildman–Crippen MR) is 108 cm³/mol. The van der Waals surface area contributed by atoms with Crippen LogP contribution in [0.3, 0.4) is 0 Å². The monoisotopic (exact) mass is 490 g/mol. The largest absolute Gasteiger partial charge is 0.495 e. The van der Waals surface area contributed by atoms with Gasteiger partial charge in [-0.3, -0.25) is 0 Å². The van der Waals surface area contributed by atoms with Crippen LogP contribution in [0.4, 0.5) is 32.2 Å². The summed E-state index contributed by atoms with van der Waals surface area (Å²) in [5.74, 6) is -3.08. The highest BCUT2D eigenvalue weighted by molar-refractivity contribution is 5.63. The molecule has 0 saturated carbocycles. The van der Waals surface area contributed by atoms with Crippen molar-refractivity contribution in [2.75, 3.05) is 25.5 Å². The van der Waals surface area contributed by atoms with E-state index in [0.717, 1.165) is 23.9 Å². The van der Waals surface area contributed by atoms with Gasteiger partial charge in [-0.15, -0.1) is 0 Å². The second kappa shape index (κ2) is 8.58. The van der Waals surface area contributed by atoms with Crippen LogP contribution in [-0.2, 0) is 5.60 Å². The molecule has 4 heterocycles. The number of ether oxygens (including phenoxy) is 1.